The summed E-state index contributed by atoms with van der Waals surface area (Å²) in [6.45, 7) is 0.293. The van der Waals surface area contributed by atoms with Gasteiger partial charge in [-0.1, -0.05) is 0 Å². The van der Waals surface area contributed by atoms with Crippen LogP contribution in [0.25, 0.3) is 0 Å². The number of hydrogen-bond acceptors (Lipinski definition) is 4. The molecule has 0 aromatic rings. The van der Waals surface area contributed by atoms with Gasteiger partial charge in [-0.25, -0.2) is 0 Å². The minimum atomic E-state index is -0.944. The Balaban J connectivity index is 2.86. The molecule has 1 rings (SSSR count). The second-order valence-corrected chi connectivity index (χ2v) is 2.51. The number of rotatable bonds is 3. The summed E-state index contributed by atoms with van der Waals surface area (Å²) in [5.74, 6) is -1.35. The van der Waals surface area contributed by atoms with Gasteiger partial charge in [-0.2, -0.15) is 0 Å². The van der Waals surface area contributed by atoms with Crippen LogP contribution in [0.4, 0.5) is 0 Å². The van der Waals surface area contributed by atoms with E-state index in [1.54, 1.807) is 6.08 Å². The van der Waals surface area contributed by atoms with Crippen LogP contribution in [0.1, 0.15) is 0 Å². The van der Waals surface area contributed by atoms with Gasteiger partial charge in [0.1, 0.15) is 18.8 Å². The number of hydrogen-bond donors (Lipinski definition) is 0. The van der Waals surface area contributed by atoms with Crippen molar-refractivity contribution in [3.05, 3.63) is 12.3 Å². The van der Waals surface area contributed by atoms with E-state index in [4.69, 9.17) is 14.2 Å². The molecule has 0 aliphatic carbocycles. The zero-order valence-corrected chi connectivity index (χ0v) is 7.15. The van der Waals surface area contributed by atoms with E-state index in [1.165, 1.54) is 20.5 Å². The Hall–Kier alpha value is -0.870. The van der Waals surface area contributed by atoms with Crippen molar-refractivity contribution in [2.45, 2.75) is 5.79 Å². The fourth-order valence-corrected chi connectivity index (χ4v) is 1.20. The smallest absolute Gasteiger partial charge is 0.203 e. The summed E-state index contributed by atoms with van der Waals surface area (Å²) in [5.41, 5.74) is 0. The molecule has 0 aromatic carbocycles. The average molecular weight is 172 g/mol. The van der Waals surface area contributed by atoms with E-state index in [0.717, 1.165) is 6.29 Å². The van der Waals surface area contributed by atoms with Crippen molar-refractivity contribution >= 4 is 6.29 Å². The largest absolute Gasteiger partial charge is 0.500 e. The van der Waals surface area contributed by atoms with Crippen LogP contribution in [0.3, 0.4) is 0 Å². The highest BCUT2D eigenvalue weighted by molar-refractivity contribution is 5.56. The van der Waals surface area contributed by atoms with E-state index in [2.05, 4.69) is 0 Å². The van der Waals surface area contributed by atoms with Gasteiger partial charge in [0.2, 0.25) is 5.79 Å². The average Bonchev–Trinajstić information content (AvgIpc) is 2.17. The van der Waals surface area contributed by atoms with Gasteiger partial charge in [-0.3, -0.25) is 0 Å². The van der Waals surface area contributed by atoms with Crippen molar-refractivity contribution in [1.29, 1.82) is 0 Å². The fraction of sp³-hybridized carbons (Fsp3) is 0.625. The first-order valence-electron chi connectivity index (χ1n) is 3.64. The molecular weight excluding hydrogens is 160 g/mol. The van der Waals surface area contributed by atoms with Crippen LogP contribution in [-0.2, 0) is 19.0 Å². The van der Waals surface area contributed by atoms with Crippen molar-refractivity contribution in [3.63, 3.8) is 0 Å². The molecule has 0 saturated heterocycles. The summed E-state index contributed by atoms with van der Waals surface area (Å²) in [6.07, 6.45) is 3.85. The second-order valence-electron chi connectivity index (χ2n) is 2.51. The van der Waals surface area contributed by atoms with Crippen LogP contribution in [0.2, 0.25) is 0 Å². The Morgan fingerprint density at radius 3 is 2.67 bits per heavy atom. The quantitative estimate of drug-likeness (QED) is 0.454. The maximum Gasteiger partial charge on any atom is 0.203 e. The van der Waals surface area contributed by atoms with E-state index in [-0.39, 0.29) is 0 Å². The molecule has 1 atom stereocenters. The molecule has 1 heterocycles. The molecule has 4 nitrogen and oxygen atoms in total. The molecule has 1 aliphatic rings. The summed E-state index contributed by atoms with van der Waals surface area (Å²) in [7, 11) is 2.99. The van der Waals surface area contributed by atoms with Gasteiger partial charge < -0.3 is 19.0 Å². The predicted molar refractivity (Wildman–Crippen MR) is 41.4 cm³/mol. The van der Waals surface area contributed by atoms with Gasteiger partial charge >= 0.3 is 0 Å². The van der Waals surface area contributed by atoms with Crippen LogP contribution in [-0.4, -0.2) is 32.9 Å². The third kappa shape index (κ3) is 1.35. The molecule has 12 heavy (non-hydrogen) atoms. The molecule has 0 saturated carbocycles. The number of aldehydes is 1. The zero-order chi connectivity index (χ0) is 9.03. The van der Waals surface area contributed by atoms with E-state index in [1.807, 2.05) is 0 Å². The van der Waals surface area contributed by atoms with Crippen LogP contribution >= 0.6 is 0 Å². The molecule has 0 spiro atoms. The molecule has 0 bridgehead atoms. The van der Waals surface area contributed by atoms with E-state index < -0.39 is 11.7 Å². The maximum atomic E-state index is 10.6. The number of ether oxygens (including phenoxy) is 3. The summed E-state index contributed by atoms with van der Waals surface area (Å²) in [5, 5.41) is 0. The highest BCUT2D eigenvalue weighted by atomic mass is 16.7. The van der Waals surface area contributed by atoms with Gasteiger partial charge in [-0.15, -0.1) is 0 Å². The standard InChI is InChI=1S/C8H12O4/c1-10-8(11-2)3-4-12-6-7(8)5-9/h3-5,7H,6H2,1-2H3. The maximum absolute atomic E-state index is 10.6. The van der Waals surface area contributed by atoms with Crippen molar-refractivity contribution in [3.8, 4) is 0 Å². The van der Waals surface area contributed by atoms with Crippen LogP contribution in [0.5, 0.6) is 0 Å². The van der Waals surface area contributed by atoms with Crippen LogP contribution < -0.4 is 0 Å². The van der Waals surface area contributed by atoms with Crippen LogP contribution in [0.15, 0.2) is 12.3 Å². The minimum Gasteiger partial charge on any atom is -0.500 e. The first-order valence-corrected chi connectivity index (χ1v) is 3.64. The lowest BCUT2D eigenvalue weighted by atomic mass is 9.99. The number of methoxy groups -OCH3 is 2. The highest BCUT2D eigenvalue weighted by Crippen LogP contribution is 2.26. The zero-order valence-electron chi connectivity index (χ0n) is 7.15. The second kappa shape index (κ2) is 3.69. The van der Waals surface area contributed by atoms with Gasteiger partial charge in [-0.05, 0) is 0 Å². The lowest BCUT2D eigenvalue weighted by Gasteiger charge is -2.34. The Kier molecular flexibility index (Phi) is 2.83. The van der Waals surface area contributed by atoms with Crippen molar-refractivity contribution < 1.29 is 19.0 Å². The number of carbonyl (C=O) groups is 1. The van der Waals surface area contributed by atoms with Gasteiger partial charge in [0.25, 0.3) is 0 Å². The summed E-state index contributed by atoms with van der Waals surface area (Å²) < 4.78 is 15.2. The topological polar surface area (TPSA) is 44.8 Å². The Labute approximate surface area is 71.1 Å². The molecule has 1 aliphatic heterocycles. The first kappa shape index (κ1) is 9.22. The molecule has 0 fully saturated rings. The molecule has 4 heteroatoms. The summed E-state index contributed by atoms with van der Waals surface area (Å²) in [6, 6.07) is 0. The lowest BCUT2D eigenvalue weighted by Crippen LogP contribution is -2.45. The molecule has 0 amide bonds. The lowest BCUT2D eigenvalue weighted by molar-refractivity contribution is -0.213. The fourth-order valence-electron chi connectivity index (χ4n) is 1.20. The minimum absolute atomic E-state index is 0.293. The Bertz CT molecular complexity index is 183. The molecule has 0 N–H and O–H groups in total. The molecular formula is C8H12O4. The van der Waals surface area contributed by atoms with Crippen molar-refractivity contribution in [1.82, 2.24) is 0 Å². The Morgan fingerprint density at radius 1 is 1.58 bits per heavy atom. The first-order chi connectivity index (χ1) is 5.79. The monoisotopic (exact) mass is 172 g/mol. The molecule has 0 aromatic heterocycles. The molecule has 68 valence electrons. The van der Waals surface area contributed by atoms with Crippen LogP contribution in [0, 0.1) is 5.92 Å². The molecule has 1 unspecified atom stereocenters. The van der Waals surface area contributed by atoms with E-state index >= 15 is 0 Å². The van der Waals surface area contributed by atoms with Gasteiger partial charge in [0, 0.05) is 20.3 Å². The van der Waals surface area contributed by atoms with Crippen molar-refractivity contribution in [2.75, 3.05) is 20.8 Å². The molecule has 0 radical (unpaired) electrons. The normalized spacial score (nSPS) is 26.3. The predicted octanol–water partition coefficient (Wildman–Crippen LogP) is 0.335. The number of carbonyl (C=O) groups excluding carboxylic acids is 1. The third-order valence-corrected chi connectivity index (χ3v) is 1.99. The SMILES string of the molecule is COC1(OC)C=COCC1C=O. The third-order valence-electron chi connectivity index (χ3n) is 1.99. The Morgan fingerprint density at radius 2 is 2.25 bits per heavy atom. The van der Waals surface area contributed by atoms with E-state index in [0.29, 0.717) is 6.61 Å². The summed E-state index contributed by atoms with van der Waals surface area (Å²) >= 11 is 0. The summed E-state index contributed by atoms with van der Waals surface area (Å²) in [4.78, 5) is 10.6. The van der Waals surface area contributed by atoms with E-state index in [9.17, 15) is 4.79 Å². The van der Waals surface area contributed by atoms with Crippen molar-refractivity contribution in [2.24, 2.45) is 5.92 Å². The van der Waals surface area contributed by atoms with Gasteiger partial charge in [0.05, 0.1) is 6.26 Å². The van der Waals surface area contributed by atoms with Gasteiger partial charge in [0.15, 0.2) is 0 Å². The highest BCUT2D eigenvalue weighted by Gasteiger charge is 2.39.